The maximum absolute atomic E-state index is 12.1. The molecule has 1 unspecified atom stereocenters. The predicted octanol–water partition coefficient (Wildman–Crippen LogP) is 1.98. The molecule has 1 heterocycles. The largest absolute Gasteiger partial charge is 0.300 e. The van der Waals surface area contributed by atoms with E-state index in [1.165, 1.54) is 0 Å². The molecule has 1 aliphatic rings. The van der Waals surface area contributed by atoms with Crippen molar-refractivity contribution in [3.05, 3.63) is 0 Å². The van der Waals surface area contributed by atoms with Gasteiger partial charge in [-0.1, -0.05) is 0 Å². The molecule has 0 amide bonds. The van der Waals surface area contributed by atoms with Gasteiger partial charge in [0.15, 0.2) is 0 Å². The third-order valence-electron chi connectivity index (χ3n) is 2.34. The fraction of sp³-hybridized carbons (Fsp3) is 1.00. The van der Waals surface area contributed by atoms with Crippen LogP contribution in [-0.2, 0) is 0 Å². The third kappa shape index (κ3) is 2.12. The summed E-state index contributed by atoms with van der Waals surface area (Å²) in [6.45, 7) is 5.52. The Labute approximate surface area is 66.4 Å². The van der Waals surface area contributed by atoms with E-state index in [4.69, 9.17) is 0 Å². The summed E-state index contributed by atoms with van der Waals surface area (Å²) in [6.07, 6.45) is -1.46. The zero-order valence-corrected chi connectivity index (χ0v) is 7.06. The van der Waals surface area contributed by atoms with E-state index in [0.29, 0.717) is 19.0 Å². The highest BCUT2D eigenvalue weighted by Gasteiger charge is 2.30. The van der Waals surface area contributed by atoms with Crippen LogP contribution >= 0.6 is 0 Å². The molecule has 1 saturated heterocycles. The monoisotopic (exact) mass is 163 g/mol. The average Bonchev–Trinajstić information content (AvgIpc) is 2.33. The van der Waals surface area contributed by atoms with Gasteiger partial charge in [-0.05, 0) is 26.8 Å². The number of alkyl halides is 2. The first kappa shape index (κ1) is 8.91. The van der Waals surface area contributed by atoms with Crippen LogP contribution in [0.5, 0.6) is 0 Å². The molecule has 0 aromatic rings. The van der Waals surface area contributed by atoms with Gasteiger partial charge in [-0.3, -0.25) is 0 Å². The summed E-state index contributed by atoms with van der Waals surface area (Å²) in [4.78, 5) is 2.11. The average molecular weight is 163 g/mol. The summed E-state index contributed by atoms with van der Waals surface area (Å²) in [5.74, 6) is -0.377. The molecule has 1 aliphatic heterocycles. The van der Waals surface area contributed by atoms with Crippen molar-refractivity contribution in [1.29, 1.82) is 0 Å². The van der Waals surface area contributed by atoms with E-state index in [1.807, 2.05) is 13.8 Å². The molecule has 1 nitrogen and oxygen atoms in total. The van der Waals surface area contributed by atoms with Crippen LogP contribution in [0.1, 0.15) is 20.3 Å². The van der Waals surface area contributed by atoms with Crippen molar-refractivity contribution in [1.82, 2.24) is 4.90 Å². The maximum Gasteiger partial charge on any atom is 0.242 e. The van der Waals surface area contributed by atoms with Crippen LogP contribution in [0.4, 0.5) is 8.78 Å². The number of nitrogens with zero attached hydrogens (tertiary/aromatic N) is 1. The van der Waals surface area contributed by atoms with Gasteiger partial charge < -0.3 is 4.90 Å². The lowest BCUT2D eigenvalue weighted by Gasteiger charge is -2.19. The zero-order chi connectivity index (χ0) is 8.43. The van der Waals surface area contributed by atoms with Gasteiger partial charge in [0.2, 0.25) is 6.43 Å². The van der Waals surface area contributed by atoms with Crippen molar-refractivity contribution >= 4 is 0 Å². The second-order valence-corrected chi connectivity index (χ2v) is 3.47. The molecule has 0 aliphatic carbocycles. The molecule has 0 radical (unpaired) electrons. The third-order valence-corrected chi connectivity index (χ3v) is 2.34. The van der Waals surface area contributed by atoms with Gasteiger partial charge in [-0.2, -0.15) is 0 Å². The fourth-order valence-electron chi connectivity index (χ4n) is 1.49. The summed E-state index contributed by atoms with van der Waals surface area (Å²) in [7, 11) is 0. The van der Waals surface area contributed by atoms with Gasteiger partial charge >= 0.3 is 0 Å². The molecular formula is C8H15F2N. The van der Waals surface area contributed by atoms with E-state index in [-0.39, 0.29) is 5.92 Å². The standard InChI is InChI=1S/C8H15F2N/c1-6(2)11-4-3-7(5-11)8(9)10/h6-8H,3-5H2,1-2H3. The Balaban J connectivity index is 2.35. The Morgan fingerprint density at radius 1 is 1.36 bits per heavy atom. The van der Waals surface area contributed by atoms with Crippen molar-refractivity contribution in [2.45, 2.75) is 32.7 Å². The summed E-state index contributed by atoms with van der Waals surface area (Å²) >= 11 is 0. The van der Waals surface area contributed by atoms with Gasteiger partial charge in [-0.25, -0.2) is 8.78 Å². The lowest BCUT2D eigenvalue weighted by molar-refractivity contribution is 0.0786. The maximum atomic E-state index is 12.1. The number of likely N-dealkylation sites (tertiary alicyclic amines) is 1. The van der Waals surface area contributed by atoms with E-state index < -0.39 is 6.43 Å². The number of hydrogen-bond acceptors (Lipinski definition) is 1. The topological polar surface area (TPSA) is 3.24 Å². The highest BCUT2D eigenvalue weighted by molar-refractivity contribution is 4.78. The summed E-state index contributed by atoms with van der Waals surface area (Å²) < 4.78 is 24.3. The second kappa shape index (κ2) is 3.48. The van der Waals surface area contributed by atoms with Crippen molar-refractivity contribution in [2.75, 3.05) is 13.1 Å². The van der Waals surface area contributed by atoms with Crippen molar-refractivity contribution < 1.29 is 8.78 Å². The zero-order valence-electron chi connectivity index (χ0n) is 7.06. The van der Waals surface area contributed by atoms with E-state index >= 15 is 0 Å². The van der Waals surface area contributed by atoms with E-state index in [2.05, 4.69) is 4.90 Å². The smallest absolute Gasteiger partial charge is 0.242 e. The molecule has 0 aromatic carbocycles. The Morgan fingerprint density at radius 2 is 2.00 bits per heavy atom. The molecule has 0 N–H and O–H groups in total. The fourth-order valence-corrected chi connectivity index (χ4v) is 1.49. The lowest BCUT2D eigenvalue weighted by Crippen LogP contribution is -2.29. The van der Waals surface area contributed by atoms with Crippen LogP contribution in [-0.4, -0.2) is 30.5 Å². The Morgan fingerprint density at radius 3 is 2.27 bits per heavy atom. The van der Waals surface area contributed by atoms with Gasteiger partial charge in [-0.15, -0.1) is 0 Å². The highest BCUT2D eigenvalue weighted by Crippen LogP contribution is 2.23. The molecule has 11 heavy (non-hydrogen) atoms. The molecule has 1 fully saturated rings. The normalized spacial score (nSPS) is 27.3. The SMILES string of the molecule is CC(C)N1CCC(C(F)F)C1. The summed E-state index contributed by atoms with van der Waals surface area (Å²) in [6, 6.07) is 0.416. The lowest BCUT2D eigenvalue weighted by atomic mass is 10.1. The molecule has 66 valence electrons. The Kier molecular flexibility index (Phi) is 2.82. The van der Waals surface area contributed by atoms with Crippen LogP contribution < -0.4 is 0 Å². The predicted molar refractivity (Wildman–Crippen MR) is 40.8 cm³/mol. The molecular weight excluding hydrogens is 148 g/mol. The van der Waals surface area contributed by atoms with Crippen LogP contribution in [0.2, 0.25) is 0 Å². The Hall–Kier alpha value is -0.180. The van der Waals surface area contributed by atoms with Gasteiger partial charge in [0.05, 0.1) is 0 Å². The van der Waals surface area contributed by atoms with E-state index in [9.17, 15) is 8.78 Å². The molecule has 1 rings (SSSR count). The first-order valence-electron chi connectivity index (χ1n) is 4.13. The first-order valence-corrected chi connectivity index (χ1v) is 4.13. The molecule has 0 aromatic heterocycles. The minimum absolute atomic E-state index is 0.377. The molecule has 0 spiro atoms. The van der Waals surface area contributed by atoms with E-state index in [1.54, 1.807) is 0 Å². The summed E-state index contributed by atoms with van der Waals surface area (Å²) in [5.41, 5.74) is 0. The summed E-state index contributed by atoms with van der Waals surface area (Å²) in [5, 5.41) is 0. The quantitative estimate of drug-likeness (QED) is 0.601. The molecule has 1 atom stereocenters. The van der Waals surface area contributed by atoms with Crippen LogP contribution in [0.25, 0.3) is 0 Å². The first-order chi connectivity index (χ1) is 5.11. The molecule has 3 heteroatoms. The van der Waals surface area contributed by atoms with Crippen LogP contribution in [0, 0.1) is 5.92 Å². The van der Waals surface area contributed by atoms with Gasteiger partial charge in [0.25, 0.3) is 0 Å². The van der Waals surface area contributed by atoms with Crippen LogP contribution in [0.3, 0.4) is 0 Å². The van der Waals surface area contributed by atoms with Gasteiger partial charge in [0, 0.05) is 18.5 Å². The number of rotatable bonds is 2. The van der Waals surface area contributed by atoms with E-state index in [0.717, 1.165) is 6.54 Å². The van der Waals surface area contributed by atoms with Gasteiger partial charge in [0.1, 0.15) is 0 Å². The second-order valence-electron chi connectivity index (χ2n) is 3.47. The van der Waals surface area contributed by atoms with Crippen molar-refractivity contribution in [3.8, 4) is 0 Å². The minimum Gasteiger partial charge on any atom is -0.300 e. The van der Waals surface area contributed by atoms with Crippen molar-refractivity contribution in [3.63, 3.8) is 0 Å². The minimum atomic E-state index is -2.13. The Bertz CT molecular complexity index is 111. The highest BCUT2D eigenvalue weighted by atomic mass is 19.3. The molecule has 0 bridgehead atoms. The number of halogens is 2. The number of hydrogen-bond donors (Lipinski definition) is 0. The molecule has 0 saturated carbocycles. The van der Waals surface area contributed by atoms with Crippen molar-refractivity contribution in [2.24, 2.45) is 5.92 Å². The van der Waals surface area contributed by atoms with Crippen LogP contribution in [0.15, 0.2) is 0 Å².